The molecule has 0 spiro atoms. The van der Waals surface area contributed by atoms with Gasteiger partial charge in [-0.2, -0.15) is 0 Å². The molecule has 0 aliphatic carbocycles. The number of aliphatic hydroxyl groups is 2. The molecule has 2 heteroatoms. The maximum Gasteiger partial charge on any atom is 0.0686 e. The van der Waals surface area contributed by atoms with Crippen LogP contribution in [0.4, 0.5) is 0 Å². The minimum Gasteiger partial charge on any atom is -0.396 e. The molecule has 0 unspecified atom stereocenters. The zero-order valence-corrected chi connectivity index (χ0v) is 6.08. The monoisotopic (exact) mass is 142 g/mol. The molecule has 2 N–H and O–H groups in total. The first-order chi connectivity index (χ1) is 4.91. The Balaban J connectivity index is 3.10. The summed E-state index contributed by atoms with van der Waals surface area (Å²) in [7, 11) is 0. The third-order valence-corrected chi connectivity index (χ3v) is 1.08. The molecule has 0 rings (SSSR count). The van der Waals surface area contributed by atoms with Crippen molar-refractivity contribution in [1.29, 1.82) is 0 Å². The zero-order chi connectivity index (χ0) is 7.66. The van der Waals surface area contributed by atoms with Crippen LogP contribution in [-0.4, -0.2) is 23.4 Å². The molecule has 0 aromatic heterocycles. The summed E-state index contributed by atoms with van der Waals surface area (Å²) in [5.41, 5.74) is 2.81. The van der Waals surface area contributed by atoms with Crippen molar-refractivity contribution < 1.29 is 10.2 Å². The predicted octanol–water partition coefficient (Wildman–Crippen LogP) is 0.853. The second-order valence-corrected chi connectivity index (χ2v) is 1.98. The van der Waals surface area contributed by atoms with E-state index in [1.54, 1.807) is 6.08 Å². The maximum absolute atomic E-state index is 8.39. The highest BCUT2D eigenvalue weighted by Gasteiger charge is 1.79. The molecule has 0 amide bonds. The molecule has 2 nitrogen and oxygen atoms in total. The molecule has 10 heavy (non-hydrogen) atoms. The zero-order valence-electron chi connectivity index (χ0n) is 6.08. The normalized spacial score (nSPS) is 8.60. The average Bonchev–Trinajstić information content (AvgIpc) is 1.97. The van der Waals surface area contributed by atoms with Crippen molar-refractivity contribution in [1.82, 2.24) is 0 Å². The second-order valence-electron chi connectivity index (χ2n) is 1.98. The van der Waals surface area contributed by atoms with E-state index in [1.807, 2.05) is 6.08 Å². The van der Waals surface area contributed by atoms with Crippen molar-refractivity contribution in [3.8, 4) is 0 Å². The third-order valence-electron chi connectivity index (χ3n) is 1.08. The quantitative estimate of drug-likeness (QED) is 0.441. The van der Waals surface area contributed by atoms with E-state index in [1.165, 1.54) is 0 Å². The van der Waals surface area contributed by atoms with Gasteiger partial charge >= 0.3 is 0 Å². The van der Waals surface area contributed by atoms with Gasteiger partial charge in [0.2, 0.25) is 0 Å². The lowest BCUT2D eigenvalue weighted by atomic mass is 10.2. The summed E-state index contributed by atoms with van der Waals surface area (Å²) >= 11 is 0. The first-order valence-corrected chi connectivity index (χ1v) is 3.53. The Bertz CT molecular complexity index is 112. The fourth-order valence-electron chi connectivity index (χ4n) is 0.578. The molecular weight excluding hydrogens is 128 g/mol. The van der Waals surface area contributed by atoms with Gasteiger partial charge in [0.25, 0.3) is 0 Å². The Morgan fingerprint density at radius 1 is 1.10 bits per heavy atom. The lowest BCUT2D eigenvalue weighted by Crippen LogP contribution is -1.79. The lowest BCUT2D eigenvalue weighted by Gasteiger charge is -1.87. The van der Waals surface area contributed by atoms with Gasteiger partial charge < -0.3 is 10.2 Å². The van der Waals surface area contributed by atoms with Gasteiger partial charge in [0.15, 0.2) is 0 Å². The largest absolute Gasteiger partial charge is 0.396 e. The van der Waals surface area contributed by atoms with Crippen LogP contribution < -0.4 is 0 Å². The summed E-state index contributed by atoms with van der Waals surface area (Å²) in [4.78, 5) is 0. The Kier molecular flexibility index (Phi) is 7.97. The molecule has 0 saturated carbocycles. The summed E-state index contributed by atoms with van der Waals surface area (Å²) in [6.07, 6.45) is 6.20. The fraction of sp³-hybridized carbons (Fsp3) is 0.625. The number of hydrogen-bond acceptors (Lipinski definition) is 2. The molecule has 58 valence electrons. The summed E-state index contributed by atoms with van der Waals surface area (Å²) in [5.74, 6) is 0. The van der Waals surface area contributed by atoms with E-state index >= 15 is 0 Å². The van der Waals surface area contributed by atoms with Crippen LogP contribution >= 0.6 is 0 Å². The summed E-state index contributed by atoms with van der Waals surface area (Å²) < 4.78 is 0. The van der Waals surface area contributed by atoms with Crippen LogP contribution in [0.3, 0.4) is 0 Å². The standard InChI is InChI=1S/C8H14O2/c9-7-5-3-1-2-4-6-8-10/h1,5,9-10H,2,4,6-8H2. The number of rotatable bonds is 5. The highest BCUT2D eigenvalue weighted by Crippen LogP contribution is 1.93. The molecule has 0 bridgehead atoms. The van der Waals surface area contributed by atoms with E-state index in [0.29, 0.717) is 0 Å². The van der Waals surface area contributed by atoms with Crippen molar-refractivity contribution in [2.75, 3.05) is 13.2 Å². The van der Waals surface area contributed by atoms with Gasteiger partial charge in [0.05, 0.1) is 6.61 Å². The Hall–Kier alpha value is -0.560. The fourth-order valence-corrected chi connectivity index (χ4v) is 0.578. The highest BCUT2D eigenvalue weighted by molar-refractivity contribution is 4.83. The molecule has 0 aliphatic rings. The number of unbranched alkanes of at least 4 members (excludes halogenated alkanes) is 2. The number of hydrogen-bond donors (Lipinski definition) is 2. The predicted molar refractivity (Wildman–Crippen MR) is 40.7 cm³/mol. The molecular formula is C8H14O2. The molecule has 0 aromatic carbocycles. The van der Waals surface area contributed by atoms with Gasteiger partial charge in [-0.3, -0.25) is 0 Å². The smallest absolute Gasteiger partial charge is 0.0686 e. The van der Waals surface area contributed by atoms with Crippen molar-refractivity contribution in [3.05, 3.63) is 17.9 Å². The first kappa shape index (κ1) is 9.44. The Morgan fingerprint density at radius 2 is 1.90 bits per heavy atom. The van der Waals surface area contributed by atoms with Crippen molar-refractivity contribution in [2.45, 2.75) is 19.3 Å². The summed E-state index contributed by atoms with van der Waals surface area (Å²) in [6.45, 7) is 0.314. The second kappa shape index (κ2) is 8.44. The SMILES string of the molecule is OCC=C=CCCCCO. The van der Waals surface area contributed by atoms with E-state index in [9.17, 15) is 0 Å². The van der Waals surface area contributed by atoms with E-state index in [2.05, 4.69) is 5.73 Å². The van der Waals surface area contributed by atoms with E-state index in [-0.39, 0.29) is 13.2 Å². The van der Waals surface area contributed by atoms with Gasteiger partial charge in [-0.1, -0.05) is 0 Å². The summed E-state index contributed by atoms with van der Waals surface area (Å²) in [5, 5.41) is 16.7. The van der Waals surface area contributed by atoms with Gasteiger partial charge in [-0.05, 0) is 31.4 Å². The average molecular weight is 142 g/mol. The van der Waals surface area contributed by atoms with Crippen LogP contribution in [0, 0.1) is 0 Å². The van der Waals surface area contributed by atoms with E-state index in [4.69, 9.17) is 10.2 Å². The molecule has 0 saturated heterocycles. The minimum atomic E-state index is 0.0521. The third kappa shape index (κ3) is 7.44. The lowest BCUT2D eigenvalue weighted by molar-refractivity contribution is 0.285. The molecule has 0 heterocycles. The van der Waals surface area contributed by atoms with Crippen LogP contribution in [0.2, 0.25) is 0 Å². The van der Waals surface area contributed by atoms with E-state index < -0.39 is 0 Å². The molecule has 0 fully saturated rings. The maximum atomic E-state index is 8.39. The van der Waals surface area contributed by atoms with E-state index in [0.717, 1.165) is 19.3 Å². The van der Waals surface area contributed by atoms with Crippen LogP contribution in [0.15, 0.2) is 17.9 Å². The minimum absolute atomic E-state index is 0.0521. The summed E-state index contributed by atoms with van der Waals surface area (Å²) in [6, 6.07) is 0. The van der Waals surface area contributed by atoms with Gasteiger partial charge in [-0.25, -0.2) is 0 Å². The molecule has 0 radical (unpaired) electrons. The van der Waals surface area contributed by atoms with Crippen molar-refractivity contribution in [2.24, 2.45) is 0 Å². The molecule has 0 aliphatic heterocycles. The van der Waals surface area contributed by atoms with Crippen LogP contribution in [0.5, 0.6) is 0 Å². The Morgan fingerprint density at radius 3 is 2.50 bits per heavy atom. The highest BCUT2D eigenvalue weighted by atomic mass is 16.3. The van der Waals surface area contributed by atoms with Gasteiger partial charge in [0, 0.05) is 6.61 Å². The van der Waals surface area contributed by atoms with Crippen molar-refractivity contribution in [3.63, 3.8) is 0 Å². The van der Waals surface area contributed by atoms with Crippen LogP contribution in [0.25, 0.3) is 0 Å². The Labute approximate surface area is 61.5 Å². The van der Waals surface area contributed by atoms with Crippen molar-refractivity contribution >= 4 is 0 Å². The topological polar surface area (TPSA) is 40.5 Å². The molecule has 0 atom stereocenters. The van der Waals surface area contributed by atoms with Crippen LogP contribution in [0.1, 0.15) is 19.3 Å². The molecule has 0 aromatic rings. The van der Waals surface area contributed by atoms with Crippen LogP contribution in [-0.2, 0) is 0 Å². The first-order valence-electron chi connectivity index (χ1n) is 3.53. The van der Waals surface area contributed by atoms with Gasteiger partial charge in [0.1, 0.15) is 0 Å². The number of aliphatic hydroxyl groups excluding tert-OH is 2. The van der Waals surface area contributed by atoms with Gasteiger partial charge in [-0.15, -0.1) is 5.73 Å².